The molecule has 1 aliphatic rings. The van der Waals surface area contributed by atoms with Crippen molar-refractivity contribution < 1.29 is 18.7 Å². The molecule has 2 unspecified atom stereocenters. The highest BCUT2D eigenvalue weighted by Gasteiger charge is 2.28. The SMILES string of the molecule is CC(c1cc(F)cc(F)c1)N1CCCC(C(=O)O)C1. The molecule has 104 valence electrons. The first kappa shape index (κ1) is 13.9. The number of rotatable bonds is 3. The third-order valence-corrected chi connectivity index (χ3v) is 3.72. The van der Waals surface area contributed by atoms with Gasteiger partial charge in [0.1, 0.15) is 11.6 Å². The number of carboxylic acids is 1. The highest BCUT2D eigenvalue weighted by Crippen LogP contribution is 2.27. The van der Waals surface area contributed by atoms with Gasteiger partial charge in [0, 0.05) is 18.7 Å². The van der Waals surface area contributed by atoms with E-state index in [4.69, 9.17) is 5.11 Å². The summed E-state index contributed by atoms with van der Waals surface area (Å²) in [6, 6.07) is 3.26. The smallest absolute Gasteiger partial charge is 0.307 e. The Balaban J connectivity index is 2.14. The third-order valence-electron chi connectivity index (χ3n) is 3.72. The van der Waals surface area contributed by atoms with Gasteiger partial charge in [-0.15, -0.1) is 0 Å². The second-order valence-corrected chi connectivity index (χ2v) is 5.05. The molecule has 1 N–H and O–H groups in total. The Morgan fingerprint density at radius 1 is 1.37 bits per heavy atom. The van der Waals surface area contributed by atoms with E-state index in [0.717, 1.165) is 19.0 Å². The van der Waals surface area contributed by atoms with Gasteiger partial charge in [-0.2, -0.15) is 0 Å². The first-order chi connectivity index (χ1) is 8.97. The number of halogens is 2. The lowest BCUT2D eigenvalue weighted by molar-refractivity contribution is -0.143. The number of piperidine rings is 1. The van der Waals surface area contributed by atoms with Gasteiger partial charge in [-0.25, -0.2) is 8.78 Å². The van der Waals surface area contributed by atoms with E-state index < -0.39 is 23.5 Å². The van der Waals surface area contributed by atoms with Crippen LogP contribution in [0.5, 0.6) is 0 Å². The van der Waals surface area contributed by atoms with Crippen molar-refractivity contribution in [3.8, 4) is 0 Å². The molecule has 0 bridgehead atoms. The van der Waals surface area contributed by atoms with Gasteiger partial charge in [0.2, 0.25) is 0 Å². The molecule has 0 saturated carbocycles. The van der Waals surface area contributed by atoms with Gasteiger partial charge in [0.05, 0.1) is 5.92 Å². The molecule has 1 saturated heterocycles. The quantitative estimate of drug-likeness (QED) is 0.917. The molecule has 0 radical (unpaired) electrons. The van der Waals surface area contributed by atoms with Crippen LogP contribution >= 0.6 is 0 Å². The molecule has 19 heavy (non-hydrogen) atoms. The van der Waals surface area contributed by atoms with Crippen LogP contribution in [0, 0.1) is 17.6 Å². The van der Waals surface area contributed by atoms with E-state index in [0.29, 0.717) is 18.5 Å². The average molecular weight is 269 g/mol. The van der Waals surface area contributed by atoms with Crippen LogP contribution in [0.25, 0.3) is 0 Å². The second kappa shape index (κ2) is 5.65. The molecule has 2 atom stereocenters. The normalized spacial score (nSPS) is 22.2. The van der Waals surface area contributed by atoms with E-state index in [1.165, 1.54) is 12.1 Å². The van der Waals surface area contributed by atoms with E-state index in [9.17, 15) is 13.6 Å². The maximum Gasteiger partial charge on any atom is 0.307 e. The largest absolute Gasteiger partial charge is 0.481 e. The highest BCUT2D eigenvalue weighted by atomic mass is 19.1. The van der Waals surface area contributed by atoms with Crippen LogP contribution in [0.3, 0.4) is 0 Å². The number of carboxylic acid groups (broad SMARTS) is 1. The lowest BCUT2D eigenvalue weighted by Crippen LogP contribution is -2.40. The van der Waals surface area contributed by atoms with E-state index in [2.05, 4.69) is 0 Å². The number of likely N-dealkylation sites (tertiary alicyclic amines) is 1. The van der Waals surface area contributed by atoms with Crippen LogP contribution in [-0.2, 0) is 4.79 Å². The topological polar surface area (TPSA) is 40.5 Å². The van der Waals surface area contributed by atoms with Crippen molar-refractivity contribution in [2.24, 2.45) is 5.92 Å². The zero-order valence-corrected chi connectivity index (χ0v) is 10.8. The number of aliphatic carboxylic acids is 1. The van der Waals surface area contributed by atoms with Crippen LogP contribution in [0.2, 0.25) is 0 Å². The predicted octanol–water partition coefficient (Wildman–Crippen LogP) is 2.82. The van der Waals surface area contributed by atoms with Gasteiger partial charge in [-0.1, -0.05) is 0 Å². The first-order valence-corrected chi connectivity index (χ1v) is 6.40. The Kier molecular flexibility index (Phi) is 4.14. The van der Waals surface area contributed by atoms with Crippen LogP contribution in [-0.4, -0.2) is 29.1 Å². The molecule has 3 nitrogen and oxygen atoms in total. The molecule has 2 rings (SSSR count). The number of benzene rings is 1. The van der Waals surface area contributed by atoms with Crippen LogP contribution in [0.1, 0.15) is 31.4 Å². The number of carbonyl (C=O) groups is 1. The summed E-state index contributed by atoms with van der Waals surface area (Å²) in [7, 11) is 0. The van der Waals surface area contributed by atoms with E-state index >= 15 is 0 Å². The molecule has 1 heterocycles. The maximum absolute atomic E-state index is 13.2. The molecule has 1 fully saturated rings. The van der Waals surface area contributed by atoms with Crippen LogP contribution < -0.4 is 0 Å². The molecule has 5 heteroatoms. The third kappa shape index (κ3) is 3.29. The van der Waals surface area contributed by atoms with Gasteiger partial charge in [0.25, 0.3) is 0 Å². The summed E-state index contributed by atoms with van der Waals surface area (Å²) in [6.07, 6.45) is 1.45. The molecular weight excluding hydrogens is 252 g/mol. The van der Waals surface area contributed by atoms with E-state index in [-0.39, 0.29) is 6.04 Å². The summed E-state index contributed by atoms with van der Waals surface area (Å²) < 4.78 is 26.4. The highest BCUT2D eigenvalue weighted by molar-refractivity contribution is 5.70. The fourth-order valence-corrected chi connectivity index (χ4v) is 2.59. The molecule has 1 aromatic carbocycles. The Morgan fingerprint density at radius 3 is 2.58 bits per heavy atom. The Morgan fingerprint density at radius 2 is 2.00 bits per heavy atom. The van der Waals surface area contributed by atoms with E-state index in [1.54, 1.807) is 0 Å². The standard InChI is InChI=1S/C14H17F2NO2/c1-9(11-5-12(15)7-13(16)6-11)17-4-2-3-10(8-17)14(18)19/h5-7,9-10H,2-4,8H2,1H3,(H,18,19). The fraction of sp³-hybridized carbons (Fsp3) is 0.500. The van der Waals surface area contributed by atoms with Gasteiger partial charge in [-0.05, 0) is 44.0 Å². The molecule has 1 aromatic rings. The van der Waals surface area contributed by atoms with Crippen molar-refractivity contribution in [2.75, 3.05) is 13.1 Å². The summed E-state index contributed by atoms with van der Waals surface area (Å²) in [5.74, 6) is -2.40. The Hall–Kier alpha value is -1.49. The molecule has 0 aromatic heterocycles. The lowest BCUT2D eigenvalue weighted by Gasteiger charge is -2.35. The maximum atomic E-state index is 13.2. The van der Waals surface area contributed by atoms with Gasteiger partial charge < -0.3 is 5.11 Å². The van der Waals surface area contributed by atoms with E-state index in [1.807, 2.05) is 11.8 Å². The molecular formula is C14H17F2NO2. The number of hydrogen-bond donors (Lipinski definition) is 1. The summed E-state index contributed by atoms with van der Waals surface area (Å²) in [5, 5.41) is 9.05. The summed E-state index contributed by atoms with van der Waals surface area (Å²) in [4.78, 5) is 13.0. The molecule has 0 aliphatic carbocycles. The van der Waals surface area contributed by atoms with Crippen LogP contribution in [0.4, 0.5) is 8.78 Å². The minimum Gasteiger partial charge on any atom is -0.481 e. The number of nitrogens with zero attached hydrogens (tertiary/aromatic N) is 1. The number of hydrogen-bond acceptors (Lipinski definition) is 2. The Bertz CT molecular complexity index is 458. The molecule has 0 spiro atoms. The average Bonchev–Trinajstić information content (AvgIpc) is 2.37. The minimum absolute atomic E-state index is 0.188. The van der Waals surface area contributed by atoms with Crippen molar-refractivity contribution in [2.45, 2.75) is 25.8 Å². The molecule has 0 amide bonds. The zero-order valence-electron chi connectivity index (χ0n) is 10.8. The van der Waals surface area contributed by atoms with Crippen molar-refractivity contribution in [1.82, 2.24) is 4.90 Å². The van der Waals surface area contributed by atoms with Gasteiger partial charge in [0.15, 0.2) is 0 Å². The second-order valence-electron chi connectivity index (χ2n) is 5.05. The van der Waals surface area contributed by atoms with Gasteiger partial charge in [-0.3, -0.25) is 9.69 Å². The lowest BCUT2D eigenvalue weighted by atomic mass is 9.95. The van der Waals surface area contributed by atoms with Crippen molar-refractivity contribution >= 4 is 5.97 Å². The van der Waals surface area contributed by atoms with Crippen molar-refractivity contribution in [1.29, 1.82) is 0 Å². The van der Waals surface area contributed by atoms with Crippen molar-refractivity contribution in [3.63, 3.8) is 0 Å². The monoisotopic (exact) mass is 269 g/mol. The first-order valence-electron chi connectivity index (χ1n) is 6.40. The molecule has 1 aliphatic heterocycles. The summed E-state index contributed by atoms with van der Waals surface area (Å²) in [6.45, 7) is 3.02. The van der Waals surface area contributed by atoms with Crippen LogP contribution in [0.15, 0.2) is 18.2 Å². The predicted molar refractivity (Wildman–Crippen MR) is 66.7 cm³/mol. The van der Waals surface area contributed by atoms with Crippen molar-refractivity contribution in [3.05, 3.63) is 35.4 Å². The summed E-state index contributed by atoms with van der Waals surface area (Å²) in [5.41, 5.74) is 0.545. The van der Waals surface area contributed by atoms with Gasteiger partial charge >= 0.3 is 5.97 Å². The minimum atomic E-state index is -0.803. The summed E-state index contributed by atoms with van der Waals surface area (Å²) >= 11 is 0. The fourth-order valence-electron chi connectivity index (χ4n) is 2.59. The zero-order chi connectivity index (χ0) is 14.0. The Labute approximate surface area is 110 Å².